The van der Waals surface area contributed by atoms with Crippen molar-refractivity contribution < 1.29 is 39.4 Å². The van der Waals surface area contributed by atoms with Crippen LogP contribution in [0.1, 0.15) is 33.1 Å². The maximum Gasteiger partial charge on any atom is 0.185 e. The van der Waals surface area contributed by atoms with Gasteiger partial charge < -0.3 is 61.9 Å². The van der Waals surface area contributed by atoms with Gasteiger partial charge in [-0.15, -0.1) is 0 Å². The lowest BCUT2D eigenvalue weighted by Gasteiger charge is -2.48. The van der Waals surface area contributed by atoms with Gasteiger partial charge in [-0.05, 0) is 40.2 Å². The van der Waals surface area contributed by atoms with Crippen LogP contribution in [0.2, 0.25) is 0 Å². The first-order chi connectivity index (χ1) is 15.0. The minimum Gasteiger partial charge on any atom is -0.390 e. The molecule has 0 spiro atoms. The molecule has 2 aliphatic heterocycles. The van der Waals surface area contributed by atoms with E-state index in [1.807, 2.05) is 6.92 Å². The third kappa shape index (κ3) is 5.43. The fraction of sp³-hybridized carbons (Fsp3) is 1.00. The van der Waals surface area contributed by atoms with Crippen LogP contribution in [0.4, 0.5) is 0 Å². The molecule has 32 heavy (non-hydrogen) atoms. The summed E-state index contributed by atoms with van der Waals surface area (Å²) in [6.07, 6.45) is -6.60. The monoisotopic (exact) mass is 464 g/mol. The second-order valence-corrected chi connectivity index (χ2v) is 9.60. The third-order valence-electron chi connectivity index (χ3n) is 6.74. The number of aliphatic hydroxyl groups excluding tert-OH is 3. The van der Waals surface area contributed by atoms with Crippen molar-refractivity contribution in [2.75, 3.05) is 13.7 Å². The highest BCUT2D eigenvalue weighted by atomic mass is 16.7. The van der Waals surface area contributed by atoms with Crippen LogP contribution in [0.25, 0.3) is 0 Å². The predicted molar refractivity (Wildman–Crippen MR) is 113 cm³/mol. The summed E-state index contributed by atoms with van der Waals surface area (Å²) in [5, 5.41) is 45.4. The highest BCUT2D eigenvalue weighted by Crippen LogP contribution is 2.32. The zero-order valence-corrected chi connectivity index (χ0v) is 18.9. The third-order valence-corrected chi connectivity index (χ3v) is 6.74. The van der Waals surface area contributed by atoms with E-state index in [2.05, 4.69) is 5.32 Å². The highest BCUT2D eigenvalue weighted by Gasteiger charge is 2.51. The summed E-state index contributed by atoms with van der Waals surface area (Å²) in [5.41, 5.74) is 17.0. The van der Waals surface area contributed by atoms with Gasteiger partial charge in [0.05, 0.1) is 30.9 Å². The minimum absolute atomic E-state index is 0.0844. The van der Waals surface area contributed by atoms with E-state index in [0.717, 1.165) is 0 Å². The zero-order valence-electron chi connectivity index (χ0n) is 18.9. The first-order valence-electron chi connectivity index (χ1n) is 11.2. The molecular formula is C20H40N4O8. The molecule has 0 bridgehead atoms. The standard InChI is InChI=1S/C20H40N4O8/c1-8(21)12-5-4-9(22)18(30-12)31-15-10(23)6-11(25)16(13(15)26)32-19-14(27)17(24-3)20(2,28)7-29-19/h8-19,24-28H,4-7,21-23H2,1-3H3/t8-,9-,10-,11+,12-,13-,14+,15-,16+,17+,18-,19+,20-/m0/s1. The van der Waals surface area contributed by atoms with Crippen LogP contribution in [0, 0.1) is 0 Å². The van der Waals surface area contributed by atoms with Gasteiger partial charge in [0.1, 0.15) is 30.0 Å². The van der Waals surface area contributed by atoms with Gasteiger partial charge in [0.2, 0.25) is 0 Å². The number of hydrogen-bond acceptors (Lipinski definition) is 12. The lowest BCUT2D eigenvalue weighted by molar-refractivity contribution is -0.316. The Balaban J connectivity index is 1.69. The normalized spacial score (nSPS) is 51.4. The van der Waals surface area contributed by atoms with Crippen LogP contribution in [-0.2, 0) is 18.9 Å². The molecule has 1 saturated carbocycles. The van der Waals surface area contributed by atoms with Crippen LogP contribution in [-0.4, -0.2) is 113 Å². The van der Waals surface area contributed by atoms with E-state index in [1.165, 1.54) is 6.92 Å². The van der Waals surface area contributed by atoms with Crippen LogP contribution in [0.5, 0.6) is 0 Å². The van der Waals surface area contributed by atoms with Crippen LogP contribution in [0.3, 0.4) is 0 Å². The average molecular weight is 465 g/mol. The van der Waals surface area contributed by atoms with Gasteiger partial charge in [-0.1, -0.05) is 0 Å². The molecule has 0 amide bonds. The number of hydrogen-bond donors (Lipinski definition) is 8. The second-order valence-electron chi connectivity index (χ2n) is 9.60. The Kier molecular flexibility index (Phi) is 8.51. The van der Waals surface area contributed by atoms with Gasteiger partial charge in [0, 0.05) is 12.1 Å². The fourth-order valence-electron chi connectivity index (χ4n) is 4.80. The summed E-state index contributed by atoms with van der Waals surface area (Å²) in [7, 11) is 1.60. The maximum atomic E-state index is 11.0. The van der Waals surface area contributed by atoms with Gasteiger partial charge in [-0.2, -0.15) is 0 Å². The molecular weight excluding hydrogens is 424 g/mol. The summed E-state index contributed by atoms with van der Waals surface area (Å²) < 4.78 is 23.2. The Morgan fingerprint density at radius 1 is 1.03 bits per heavy atom. The maximum absolute atomic E-state index is 11.0. The molecule has 12 nitrogen and oxygen atoms in total. The second kappa shape index (κ2) is 10.4. The Bertz CT molecular complexity index is 614. The van der Waals surface area contributed by atoms with E-state index in [4.69, 9.17) is 36.1 Å². The SMILES string of the molecule is CN[C@@H]1[C@@H](O)[C@@H](O[C@H]2[C@@H](O)[C@@H](O[C@@H]3O[C@H]([C@H](C)N)CC[C@@H]3N)[C@@H](N)C[C@H]2O)OC[C@]1(C)O. The van der Waals surface area contributed by atoms with Crippen molar-refractivity contribution in [2.24, 2.45) is 17.2 Å². The molecule has 0 aromatic rings. The minimum atomic E-state index is -1.34. The van der Waals surface area contributed by atoms with Crippen LogP contribution < -0.4 is 22.5 Å². The van der Waals surface area contributed by atoms with Crippen molar-refractivity contribution in [1.29, 1.82) is 0 Å². The van der Waals surface area contributed by atoms with Crippen molar-refractivity contribution in [1.82, 2.24) is 5.32 Å². The van der Waals surface area contributed by atoms with E-state index in [0.29, 0.717) is 12.8 Å². The van der Waals surface area contributed by atoms with Crippen molar-refractivity contribution in [2.45, 2.75) is 112 Å². The highest BCUT2D eigenvalue weighted by molar-refractivity contribution is 5.01. The zero-order chi connectivity index (χ0) is 23.8. The Labute approximate surface area is 188 Å². The van der Waals surface area contributed by atoms with Crippen molar-refractivity contribution in [3.05, 3.63) is 0 Å². The van der Waals surface area contributed by atoms with Gasteiger partial charge in [0.15, 0.2) is 12.6 Å². The molecule has 0 aromatic carbocycles. The van der Waals surface area contributed by atoms with Gasteiger partial charge in [-0.3, -0.25) is 0 Å². The summed E-state index contributed by atoms with van der Waals surface area (Å²) in [6, 6.07) is -2.07. The number of ether oxygens (including phenoxy) is 4. The molecule has 12 heteroatoms. The molecule has 2 heterocycles. The largest absolute Gasteiger partial charge is 0.390 e. The number of rotatable bonds is 6. The predicted octanol–water partition coefficient (Wildman–Crippen LogP) is -3.55. The van der Waals surface area contributed by atoms with Crippen molar-refractivity contribution >= 4 is 0 Å². The number of aliphatic hydroxyl groups is 4. The van der Waals surface area contributed by atoms with Crippen LogP contribution >= 0.6 is 0 Å². The lowest BCUT2D eigenvalue weighted by Crippen LogP contribution is -2.68. The van der Waals surface area contributed by atoms with E-state index in [9.17, 15) is 20.4 Å². The lowest BCUT2D eigenvalue weighted by atomic mass is 9.85. The Morgan fingerprint density at radius 3 is 2.31 bits per heavy atom. The van der Waals surface area contributed by atoms with E-state index in [1.54, 1.807) is 7.05 Å². The van der Waals surface area contributed by atoms with Crippen molar-refractivity contribution in [3.8, 4) is 0 Å². The molecule has 11 N–H and O–H groups in total. The topological polar surface area (TPSA) is 208 Å². The average Bonchev–Trinajstić information content (AvgIpc) is 2.71. The molecule has 188 valence electrons. The van der Waals surface area contributed by atoms with E-state index < -0.39 is 66.8 Å². The molecule has 3 rings (SSSR count). The molecule has 13 atom stereocenters. The van der Waals surface area contributed by atoms with Gasteiger partial charge in [-0.25, -0.2) is 0 Å². The first-order valence-corrected chi connectivity index (χ1v) is 11.2. The summed E-state index contributed by atoms with van der Waals surface area (Å²) >= 11 is 0. The molecule has 3 aliphatic rings. The Hall–Kier alpha value is -0.480. The molecule has 2 saturated heterocycles. The molecule has 1 aliphatic carbocycles. The molecule has 0 aromatic heterocycles. The molecule has 0 radical (unpaired) electrons. The molecule has 0 unspecified atom stereocenters. The summed E-state index contributed by atoms with van der Waals surface area (Å²) in [6.45, 7) is 3.26. The van der Waals surface area contributed by atoms with Crippen molar-refractivity contribution in [3.63, 3.8) is 0 Å². The summed E-state index contributed by atoms with van der Waals surface area (Å²) in [5.74, 6) is 0. The van der Waals surface area contributed by atoms with E-state index in [-0.39, 0.29) is 25.2 Å². The Morgan fingerprint density at radius 2 is 1.69 bits per heavy atom. The summed E-state index contributed by atoms with van der Waals surface area (Å²) in [4.78, 5) is 0. The van der Waals surface area contributed by atoms with Gasteiger partial charge in [0.25, 0.3) is 0 Å². The molecule has 3 fully saturated rings. The quantitative estimate of drug-likeness (QED) is 0.192. The van der Waals surface area contributed by atoms with E-state index >= 15 is 0 Å². The van der Waals surface area contributed by atoms with Gasteiger partial charge >= 0.3 is 0 Å². The fourth-order valence-corrected chi connectivity index (χ4v) is 4.80. The number of nitrogens with one attached hydrogen (secondary N) is 1. The number of likely N-dealkylation sites (N-methyl/N-ethyl adjacent to an activating group) is 1. The smallest absolute Gasteiger partial charge is 0.185 e. The van der Waals surface area contributed by atoms with Crippen LogP contribution in [0.15, 0.2) is 0 Å². The number of nitrogens with two attached hydrogens (primary N) is 3. The first kappa shape index (κ1) is 26.1.